The van der Waals surface area contributed by atoms with Crippen molar-refractivity contribution in [3.63, 3.8) is 0 Å². The van der Waals surface area contributed by atoms with Gasteiger partial charge in [0.2, 0.25) is 11.8 Å². The van der Waals surface area contributed by atoms with E-state index >= 15 is 0 Å². The van der Waals surface area contributed by atoms with E-state index in [2.05, 4.69) is 10.5 Å². The Bertz CT molecular complexity index is 328. The molecule has 0 saturated heterocycles. The summed E-state index contributed by atoms with van der Waals surface area (Å²) in [5.74, 6) is -1.42. The van der Waals surface area contributed by atoms with Gasteiger partial charge in [-0.1, -0.05) is 12.1 Å². The Morgan fingerprint density at radius 2 is 2.00 bits per heavy atom. The maximum absolute atomic E-state index is 12.0. The van der Waals surface area contributed by atoms with Crippen LogP contribution in [-0.4, -0.2) is 47.4 Å². The van der Waals surface area contributed by atoms with Crippen LogP contribution in [0.25, 0.3) is 0 Å². The van der Waals surface area contributed by atoms with Crippen molar-refractivity contribution in [2.45, 2.75) is 33.2 Å². The van der Waals surface area contributed by atoms with Crippen LogP contribution in [0.2, 0.25) is 0 Å². The molecule has 7 heteroatoms. The van der Waals surface area contributed by atoms with Crippen molar-refractivity contribution in [2.24, 2.45) is 16.8 Å². The highest BCUT2D eigenvalue weighted by molar-refractivity contribution is 6.02. The number of nitrogens with one attached hydrogen (secondary N) is 1. The van der Waals surface area contributed by atoms with E-state index in [0.717, 1.165) is 0 Å². The van der Waals surface area contributed by atoms with E-state index in [1.165, 1.54) is 11.9 Å². The minimum absolute atomic E-state index is 0.0204. The predicted molar refractivity (Wildman–Crippen MR) is 68.1 cm³/mol. The molecule has 0 aromatic heterocycles. The van der Waals surface area contributed by atoms with E-state index in [1.807, 2.05) is 13.8 Å². The highest BCUT2D eigenvalue weighted by atomic mass is 16.4. The van der Waals surface area contributed by atoms with Crippen molar-refractivity contribution in [1.82, 2.24) is 10.2 Å². The molecule has 0 aliphatic heterocycles. The number of oxime groups is 1. The molecule has 0 saturated carbocycles. The van der Waals surface area contributed by atoms with Gasteiger partial charge in [0.1, 0.15) is 0 Å². The highest BCUT2D eigenvalue weighted by Gasteiger charge is 2.25. The molecule has 7 nitrogen and oxygen atoms in total. The third-order valence-corrected chi connectivity index (χ3v) is 2.39. The van der Waals surface area contributed by atoms with Crippen LogP contribution in [-0.2, 0) is 9.59 Å². The van der Waals surface area contributed by atoms with Crippen LogP contribution >= 0.6 is 0 Å². The van der Waals surface area contributed by atoms with Gasteiger partial charge >= 0.3 is 0 Å². The SMILES string of the molecule is CCC(C(=O)N(C)CC(=O)NC(C)C)C(N)=NO. The highest BCUT2D eigenvalue weighted by Crippen LogP contribution is 2.07. The van der Waals surface area contributed by atoms with Gasteiger partial charge in [-0.2, -0.15) is 0 Å². The number of hydrogen-bond donors (Lipinski definition) is 3. The molecule has 4 N–H and O–H groups in total. The van der Waals surface area contributed by atoms with Crippen LogP contribution in [0, 0.1) is 5.92 Å². The van der Waals surface area contributed by atoms with Crippen LogP contribution in [0.1, 0.15) is 27.2 Å². The normalized spacial score (nSPS) is 13.3. The molecule has 0 fully saturated rings. The van der Waals surface area contributed by atoms with E-state index in [1.54, 1.807) is 6.92 Å². The molecule has 0 aliphatic carbocycles. The van der Waals surface area contributed by atoms with Crippen LogP contribution in [0.3, 0.4) is 0 Å². The molecule has 0 heterocycles. The van der Waals surface area contributed by atoms with Crippen molar-refractivity contribution in [1.29, 1.82) is 0 Å². The number of nitrogens with zero attached hydrogens (tertiary/aromatic N) is 2. The zero-order chi connectivity index (χ0) is 14.3. The Hall–Kier alpha value is -1.79. The summed E-state index contributed by atoms with van der Waals surface area (Å²) in [6.45, 7) is 5.38. The van der Waals surface area contributed by atoms with E-state index in [4.69, 9.17) is 10.9 Å². The predicted octanol–water partition coefficient (Wildman–Crippen LogP) is -0.258. The minimum atomic E-state index is -0.702. The molecule has 2 amide bonds. The molecule has 1 unspecified atom stereocenters. The van der Waals surface area contributed by atoms with Crippen molar-refractivity contribution in [3.05, 3.63) is 0 Å². The third-order valence-electron chi connectivity index (χ3n) is 2.39. The van der Waals surface area contributed by atoms with E-state index in [0.29, 0.717) is 6.42 Å². The lowest BCUT2D eigenvalue weighted by molar-refractivity contribution is -0.136. The first-order chi connectivity index (χ1) is 8.33. The molecule has 0 aromatic carbocycles. The summed E-state index contributed by atoms with van der Waals surface area (Å²) < 4.78 is 0. The zero-order valence-electron chi connectivity index (χ0n) is 11.3. The summed E-state index contributed by atoms with van der Waals surface area (Å²) in [5.41, 5.74) is 5.43. The number of carbonyl (C=O) groups excluding carboxylic acids is 2. The maximum Gasteiger partial charge on any atom is 0.239 e. The zero-order valence-corrected chi connectivity index (χ0v) is 11.3. The number of rotatable bonds is 6. The topological polar surface area (TPSA) is 108 Å². The number of amidine groups is 1. The Morgan fingerprint density at radius 3 is 2.39 bits per heavy atom. The molecule has 0 aromatic rings. The van der Waals surface area contributed by atoms with Gasteiger partial charge in [-0.25, -0.2) is 0 Å². The number of amides is 2. The fourth-order valence-electron chi connectivity index (χ4n) is 1.51. The third kappa shape index (κ3) is 5.03. The summed E-state index contributed by atoms with van der Waals surface area (Å²) in [7, 11) is 1.51. The van der Waals surface area contributed by atoms with Crippen LogP contribution < -0.4 is 11.1 Å². The average Bonchev–Trinajstić information content (AvgIpc) is 2.27. The maximum atomic E-state index is 12.0. The van der Waals surface area contributed by atoms with Crippen LogP contribution in [0.5, 0.6) is 0 Å². The largest absolute Gasteiger partial charge is 0.409 e. The number of likely N-dealkylation sites (N-methyl/N-ethyl adjacent to an activating group) is 1. The van der Waals surface area contributed by atoms with E-state index < -0.39 is 5.92 Å². The molecule has 0 bridgehead atoms. The molecular weight excluding hydrogens is 236 g/mol. The van der Waals surface area contributed by atoms with Crippen molar-refractivity contribution >= 4 is 17.6 Å². The summed E-state index contributed by atoms with van der Waals surface area (Å²) in [5, 5.41) is 14.1. The fourth-order valence-corrected chi connectivity index (χ4v) is 1.51. The molecule has 0 radical (unpaired) electrons. The van der Waals surface area contributed by atoms with Gasteiger partial charge in [-0.15, -0.1) is 0 Å². The summed E-state index contributed by atoms with van der Waals surface area (Å²) in [6, 6.07) is 0.0204. The van der Waals surface area contributed by atoms with E-state index in [-0.39, 0.29) is 30.2 Å². The average molecular weight is 258 g/mol. The number of hydrogen-bond acceptors (Lipinski definition) is 4. The molecule has 18 heavy (non-hydrogen) atoms. The molecule has 0 rings (SSSR count). The van der Waals surface area contributed by atoms with Gasteiger partial charge in [-0.05, 0) is 20.3 Å². The molecular formula is C11H22N4O3. The Morgan fingerprint density at radius 1 is 1.44 bits per heavy atom. The molecule has 1 atom stereocenters. The van der Waals surface area contributed by atoms with Gasteiger partial charge in [0.25, 0.3) is 0 Å². The van der Waals surface area contributed by atoms with Gasteiger partial charge in [0.05, 0.1) is 12.5 Å². The van der Waals surface area contributed by atoms with E-state index in [9.17, 15) is 9.59 Å². The summed E-state index contributed by atoms with van der Waals surface area (Å²) >= 11 is 0. The second kappa shape index (κ2) is 7.52. The van der Waals surface area contributed by atoms with Crippen molar-refractivity contribution in [2.75, 3.05) is 13.6 Å². The van der Waals surface area contributed by atoms with Gasteiger partial charge in [0.15, 0.2) is 5.84 Å². The quantitative estimate of drug-likeness (QED) is 0.264. The fraction of sp³-hybridized carbons (Fsp3) is 0.727. The monoisotopic (exact) mass is 258 g/mol. The Labute approximate surface area is 107 Å². The minimum Gasteiger partial charge on any atom is -0.409 e. The second-order valence-electron chi connectivity index (χ2n) is 4.40. The Balaban J connectivity index is 4.54. The van der Waals surface area contributed by atoms with Gasteiger partial charge in [-0.3, -0.25) is 9.59 Å². The first-order valence-electron chi connectivity index (χ1n) is 5.85. The summed E-state index contributed by atoms with van der Waals surface area (Å²) in [6.07, 6.45) is 0.408. The lowest BCUT2D eigenvalue weighted by Gasteiger charge is -2.22. The Kier molecular flexibility index (Phi) is 6.77. The lowest BCUT2D eigenvalue weighted by Crippen LogP contribution is -2.45. The van der Waals surface area contributed by atoms with Crippen molar-refractivity contribution in [3.8, 4) is 0 Å². The standard InChI is InChI=1S/C11H22N4O3/c1-5-8(10(12)14-18)11(17)15(4)6-9(16)13-7(2)3/h7-8,18H,5-6H2,1-4H3,(H2,12,14)(H,13,16). The first-order valence-corrected chi connectivity index (χ1v) is 5.85. The van der Waals surface area contributed by atoms with Gasteiger partial charge < -0.3 is 21.2 Å². The number of nitrogens with two attached hydrogens (primary N) is 1. The smallest absolute Gasteiger partial charge is 0.239 e. The molecule has 0 aliphatic rings. The molecule has 104 valence electrons. The first kappa shape index (κ1) is 16.2. The van der Waals surface area contributed by atoms with Crippen molar-refractivity contribution < 1.29 is 14.8 Å². The second-order valence-corrected chi connectivity index (χ2v) is 4.40. The van der Waals surface area contributed by atoms with Gasteiger partial charge in [0, 0.05) is 13.1 Å². The number of carbonyl (C=O) groups is 2. The van der Waals surface area contributed by atoms with Crippen LogP contribution in [0.15, 0.2) is 5.16 Å². The lowest BCUT2D eigenvalue weighted by atomic mass is 10.0. The molecule has 0 spiro atoms. The van der Waals surface area contributed by atoms with Crippen LogP contribution in [0.4, 0.5) is 0 Å². The summed E-state index contributed by atoms with van der Waals surface area (Å²) in [4.78, 5) is 24.7.